The summed E-state index contributed by atoms with van der Waals surface area (Å²) in [6.45, 7) is 4.99. The van der Waals surface area contributed by atoms with Gasteiger partial charge in [-0.15, -0.1) is 0 Å². The standard InChI is InChI=1S/C23H31N5O2/c1-2-3-12-25-23(30)27-19-9-10-21(28-13-5-4-6-14-28)20(15-19)22(29)26-17-18-8-7-11-24-16-18/h7-11,15-16H,2-6,12-14,17H2,1H3,(H,26,29)(H2,25,27,30). The number of carbonyl (C=O) groups is 2. The smallest absolute Gasteiger partial charge is 0.319 e. The van der Waals surface area contributed by atoms with Crippen LogP contribution < -0.4 is 20.9 Å². The van der Waals surface area contributed by atoms with Crippen molar-refractivity contribution in [2.24, 2.45) is 0 Å². The summed E-state index contributed by atoms with van der Waals surface area (Å²) in [6, 6.07) is 9.09. The Hall–Kier alpha value is -3.09. The molecule has 1 aromatic heterocycles. The zero-order valence-corrected chi connectivity index (χ0v) is 17.6. The van der Waals surface area contributed by atoms with Crippen molar-refractivity contribution >= 4 is 23.3 Å². The van der Waals surface area contributed by atoms with Crippen molar-refractivity contribution in [1.29, 1.82) is 0 Å². The van der Waals surface area contributed by atoms with Crippen LogP contribution >= 0.6 is 0 Å². The second-order valence-corrected chi connectivity index (χ2v) is 7.56. The molecule has 1 saturated heterocycles. The fourth-order valence-electron chi connectivity index (χ4n) is 3.54. The third-order valence-electron chi connectivity index (χ3n) is 5.19. The highest BCUT2D eigenvalue weighted by atomic mass is 16.2. The molecule has 0 unspecified atom stereocenters. The van der Waals surface area contributed by atoms with E-state index in [-0.39, 0.29) is 11.9 Å². The monoisotopic (exact) mass is 409 g/mol. The van der Waals surface area contributed by atoms with Gasteiger partial charge in [0.2, 0.25) is 0 Å². The van der Waals surface area contributed by atoms with E-state index >= 15 is 0 Å². The molecule has 160 valence electrons. The van der Waals surface area contributed by atoms with Crippen LogP contribution in [0.15, 0.2) is 42.7 Å². The third kappa shape index (κ3) is 6.20. The lowest BCUT2D eigenvalue weighted by Gasteiger charge is -2.30. The molecule has 0 bridgehead atoms. The van der Waals surface area contributed by atoms with Gasteiger partial charge < -0.3 is 20.9 Å². The van der Waals surface area contributed by atoms with E-state index in [0.29, 0.717) is 24.3 Å². The summed E-state index contributed by atoms with van der Waals surface area (Å²) in [5.41, 5.74) is 3.04. The number of nitrogens with zero attached hydrogens (tertiary/aromatic N) is 2. The van der Waals surface area contributed by atoms with Gasteiger partial charge >= 0.3 is 6.03 Å². The molecule has 0 radical (unpaired) electrons. The molecule has 0 aliphatic carbocycles. The number of urea groups is 1. The number of unbranched alkanes of at least 4 members (excludes halogenated alkanes) is 1. The maximum Gasteiger partial charge on any atom is 0.319 e. The number of carbonyl (C=O) groups excluding carboxylic acids is 2. The Kier molecular flexibility index (Phi) is 8.06. The van der Waals surface area contributed by atoms with Gasteiger partial charge in [-0.2, -0.15) is 0 Å². The van der Waals surface area contributed by atoms with E-state index in [2.05, 4.69) is 32.8 Å². The van der Waals surface area contributed by atoms with Crippen LogP contribution in [-0.4, -0.2) is 36.6 Å². The third-order valence-corrected chi connectivity index (χ3v) is 5.19. The Morgan fingerprint density at radius 1 is 1.10 bits per heavy atom. The second-order valence-electron chi connectivity index (χ2n) is 7.56. The van der Waals surface area contributed by atoms with Crippen molar-refractivity contribution < 1.29 is 9.59 Å². The van der Waals surface area contributed by atoms with Crippen molar-refractivity contribution in [3.05, 3.63) is 53.9 Å². The van der Waals surface area contributed by atoms with Gasteiger partial charge in [-0.3, -0.25) is 9.78 Å². The zero-order valence-electron chi connectivity index (χ0n) is 17.6. The van der Waals surface area contributed by atoms with Gasteiger partial charge in [0.1, 0.15) is 0 Å². The molecule has 0 atom stereocenters. The molecule has 3 rings (SSSR count). The number of hydrogen-bond acceptors (Lipinski definition) is 4. The maximum atomic E-state index is 13.0. The number of rotatable bonds is 8. The number of benzene rings is 1. The average molecular weight is 410 g/mol. The van der Waals surface area contributed by atoms with Crippen LogP contribution in [0.5, 0.6) is 0 Å². The molecule has 1 aliphatic heterocycles. The Morgan fingerprint density at radius 2 is 1.93 bits per heavy atom. The van der Waals surface area contributed by atoms with Crippen LogP contribution in [0.4, 0.5) is 16.2 Å². The van der Waals surface area contributed by atoms with Crippen molar-refractivity contribution in [2.45, 2.75) is 45.6 Å². The number of hydrogen-bond donors (Lipinski definition) is 3. The van der Waals surface area contributed by atoms with Gasteiger partial charge in [0.05, 0.1) is 5.56 Å². The predicted molar refractivity (Wildman–Crippen MR) is 120 cm³/mol. The van der Waals surface area contributed by atoms with E-state index in [1.807, 2.05) is 24.3 Å². The minimum Gasteiger partial charge on any atom is -0.371 e. The molecule has 0 saturated carbocycles. The molecule has 0 spiro atoms. The van der Waals surface area contributed by atoms with Crippen LogP contribution in [-0.2, 0) is 6.54 Å². The molecule has 3 amide bonds. The fraction of sp³-hybridized carbons (Fsp3) is 0.435. The van der Waals surface area contributed by atoms with E-state index in [1.54, 1.807) is 18.5 Å². The van der Waals surface area contributed by atoms with Crippen molar-refractivity contribution in [3.63, 3.8) is 0 Å². The first-order chi connectivity index (χ1) is 14.7. The van der Waals surface area contributed by atoms with Crippen molar-refractivity contribution in [3.8, 4) is 0 Å². The highest BCUT2D eigenvalue weighted by Crippen LogP contribution is 2.27. The molecule has 2 heterocycles. The van der Waals surface area contributed by atoms with E-state index < -0.39 is 0 Å². The number of piperidine rings is 1. The molecule has 1 aromatic carbocycles. The van der Waals surface area contributed by atoms with Crippen LogP contribution in [0.1, 0.15) is 54.9 Å². The first-order valence-electron chi connectivity index (χ1n) is 10.8. The highest BCUT2D eigenvalue weighted by Gasteiger charge is 2.19. The topological polar surface area (TPSA) is 86.4 Å². The molecular weight excluding hydrogens is 378 g/mol. The molecule has 1 aliphatic rings. The van der Waals surface area contributed by atoms with Gasteiger partial charge in [-0.25, -0.2) is 4.79 Å². The maximum absolute atomic E-state index is 13.0. The van der Waals surface area contributed by atoms with E-state index in [1.165, 1.54) is 6.42 Å². The van der Waals surface area contributed by atoms with Gasteiger partial charge in [0, 0.05) is 49.9 Å². The number of amides is 3. The summed E-state index contributed by atoms with van der Waals surface area (Å²) in [4.78, 5) is 31.5. The molecule has 1 fully saturated rings. The average Bonchev–Trinajstić information content (AvgIpc) is 2.79. The molecule has 7 nitrogen and oxygen atoms in total. The summed E-state index contributed by atoms with van der Waals surface area (Å²) >= 11 is 0. The molecule has 7 heteroatoms. The molecular formula is C23H31N5O2. The van der Waals surface area contributed by atoms with Gasteiger partial charge in [0.15, 0.2) is 0 Å². The summed E-state index contributed by atoms with van der Waals surface area (Å²) in [6.07, 6.45) is 8.87. The lowest BCUT2D eigenvalue weighted by molar-refractivity contribution is 0.0951. The second kappa shape index (κ2) is 11.2. The Labute approximate surface area is 178 Å². The number of nitrogens with one attached hydrogen (secondary N) is 3. The highest BCUT2D eigenvalue weighted by molar-refractivity contribution is 6.02. The summed E-state index contributed by atoms with van der Waals surface area (Å²) in [5, 5.41) is 8.66. The van der Waals surface area contributed by atoms with E-state index in [0.717, 1.165) is 50.0 Å². The van der Waals surface area contributed by atoms with Crippen LogP contribution in [0.25, 0.3) is 0 Å². The first kappa shape index (κ1) is 21.6. The predicted octanol–water partition coefficient (Wildman–Crippen LogP) is 3.92. The zero-order chi connectivity index (χ0) is 21.2. The Bertz CT molecular complexity index is 835. The number of pyridine rings is 1. The lowest BCUT2D eigenvalue weighted by atomic mass is 10.1. The number of anilines is 2. The fourth-order valence-corrected chi connectivity index (χ4v) is 3.54. The SMILES string of the molecule is CCCCNC(=O)Nc1ccc(N2CCCCC2)c(C(=O)NCc2cccnc2)c1. The lowest BCUT2D eigenvalue weighted by Crippen LogP contribution is -2.33. The summed E-state index contributed by atoms with van der Waals surface area (Å²) in [7, 11) is 0. The largest absolute Gasteiger partial charge is 0.371 e. The van der Waals surface area contributed by atoms with Crippen molar-refractivity contribution in [1.82, 2.24) is 15.6 Å². The Balaban J connectivity index is 1.75. The number of aromatic nitrogens is 1. The van der Waals surface area contributed by atoms with E-state index in [9.17, 15) is 9.59 Å². The first-order valence-corrected chi connectivity index (χ1v) is 10.8. The van der Waals surface area contributed by atoms with E-state index in [4.69, 9.17) is 0 Å². The summed E-state index contributed by atoms with van der Waals surface area (Å²) in [5.74, 6) is -0.158. The van der Waals surface area contributed by atoms with Gasteiger partial charge in [-0.05, 0) is 55.5 Å². The van der Waals surface area contributed by atoms with Crippen LogP contribution in [0, 0.1) is 0 Å². The molecule has 3 N–H and O–H groups in total. The quantitative estimate of drug-likeness (QED) is 0.577. The van der Waals surface area contributed by atoms with Crippen LogP contribution in [0.3, 0.4) is 0 Å². The minimum absolute atomic E-state index is 0.158. The van der Waals surface area contributed by atoms with Gasteiger partial charge in [-0.1, -0.05) is 19.4 Å². The minimum atomic E-state index is -0.254. The molecule has 30 heavy (non-hydrogen) atoms. The van der Waals surface area contributed by atoms with Crippen LogP contribution in [0.2, 0.25) is 0 Å². The summed E-state index contributed by atoms with van der Waals surface area (Å²) < 4.78 is 0. The molecule has 2 aromatic rings. The van der Waals surface area contributed by atoms with Crippen molar-refractivity contribution in [2.75, 3.05) is 29.9 Å². The normalized spacial score (nSPS) is 13.6. The van der Waals surface area contributed by atoms with Gasteiger partial charge in [0.25, 0.3) is 5.91 Å². The Morgan fingerprint density at radius 3 is 2.67 bits per heavy atom.